The molecule has 2 aromatic heterocycles. The Balaban J connectivity index is 2.30. The monoisotopic (exact) mass is 246 g/mol. The molecule has 0 aliphatic rings. The van der Waals surface area contributed by atoms with Crippen molar-refractivity contribution >= 4 is 5.97 Å². The van der Waals surface area contributed by atoms with E-state index in [4.69, 9.17) is 10.8 Å². The fraction of sp³-hybridized carbons (Fsp3) is 0.250. The first-order chi connectivity index (χ1) is 8.56. The molecule has 2 aromatic rings. The van der Waals surface area contributed by atoms with Crippen LogP contribution >= 0.6 is 0 Å². The first-order valence-electron chi connectivity index (χ1n) is 5.52. The lowest BCUT2D eigenvalue weighted by Crippen LogP contribution is -2.33. The maximum atomic E-state index is 10.7. The molecule has 1 unspecified atom stereocenters. The van der Waals surface area contributed by atoms with E-state index in [0.29, 0.717) is 5.82 Å². The van der Waals surface area contributed by atoms with Crippen LogP contribution in [0.4, 0.5) is 0 Å². The van der Waals surface area contributed by atoms with E-state index in [1.54, 1.807) is 6.20 Å². The van der Waals surface area contributed by atoms with Gasteiger partial charge in [-0.05, 0) is 19.1 Å². The molecule has 4 N–H and O–H groups in total. The lowest BCUT2D eigenvalue weighted by Gasteiger charge is -2.07. The van der Waals surface area contributed by atoms with Crippen molar-refractivity contribution in [3.05, 3.63) is 36.0 Å². The quantitative estimate of drug-likeness (QED) is 0.737. The summed E-state index contributed by atoms with van der Waals surface area (Å²) in [5.74, 6) is -0.607. The predicted octanol–water partition coefficient (Wildman–Crippen LogP) is 0.735. The highest BCUT2D eigenvalue weighted by Gasteiger charge is 2.15. The van der Waals surface area contributed by atoms with Crippen molar-refractivity contribution in [2.24, 2.45) is 5.73 Å². The van der Waals surface area contributed by atoms with Crippen molar-refractivity contribution in [3.8, 4) is 11.3 Å². The highest BCUT2D eigenvalue weighted by atomic mass is 16.4. The molecule has 0 saturated heterocycles. The Bertz CT molecular complexity index is 551. The lowest BCUT2D eigenvalue weighted by molar-refractivity contribution is -0.138. The fourth-order valence-corrected chi connectivity index (χ4v) is 1.64. The standard InChI is InChI=1S/C12H14N4O2/c1-7-4-10(8-2-3-14-6-8)16-11(15-7)5-9(13)12(17)18/h2-4,6,9,14H,5,13H2,1H3,(H,17,18). The van der Waals surface area contributed by atoms with Gasteiger partial charge in [0.1, 0.15) is 11.9 Å². The number of carbonyl (C=O) groups is 1. The van der Waals surface area contributed by atoms with E-state index >= 15 is 0 Å². The van der Waals surface area contributed by atoms with Crippen molar-refractivity contribution in [3.63, 3.8) is 0 Å². The van der Waals surface area contributed by atoms with Crippen molar-refractivity contribution in [2.75, 3.05) is 0 Å². The van der Waals surface area contributed by atoms with E-state index in [1.165, 1.54) is 0 Å². The number of aliphatic carboxylic acids is 1. The maximum absolute atomic E-state index is 10.7. The Morgan fingerprint density at radius 3 is 2.94 bits per heavy atom. The lowest BCUT2D eigenvalue weighted by atomic mass is 10.2. The minimum absolute atomic E-state index is 0.119. The SMILES string of the molecule is Cc1cc(-c2cc[nH]c2)nc(CC(N)C(=O)O)n1. The average molecular weight is 246 g/mol. The van der Waals surface area contributed by atoms with Crippen LogP contribution in [0.25, 0.3) is 11.3 Å². The van der Waals surface area contributed by atoms with E-state index in [0.717, 1.165) is 17.0 Å². The number of nitrogens with zero attached hydrogens (tertiary/aromatic N) is 2. The molecule has 0 amide bonds. The number of nitrogens with one attached hydrogen (secondary N) is 1. The number of aromatic nitrogens is 3. The molecule has 2 heterocycles. The van der Waals surface area contributed by atoms with Gasteiger partial charge in [0.15, 0.2) is 0 Å². The molecule has 0 fully saturated rings. The van der Waals surface area contributed by atoms with E-state index < -0.39 is 12.0 Å². The third-order valence-corrected chi connectivity index (χ3v) is 2.51. The van der Waals surface area contributed by atoms with Crippen LogP contribution in [0.15, 0.2) is 24.5 Å². The zero-order valence-corrected chi connectivity index (χ0v) is 9.92. The Morgan fingerprint density at radius 2 is 2.33 bits per heavy atom. The Labute approximate surface area is 104 Å². The minimum atomic E-state index is -1.05. The molecular weight excluding hydrogens is 232 g/mol. The Hall–Kier alpha value is -2.21. The molecule has 0 aliphatic carbocycles. The van der Waals surface area contributed by atoms with Gasteiger partial charge < -0.3 is 15.8 Å². The first-order valence-corrected chi connectivity index (χ1v) is 5.52. The minimum Gasteiger partial charge on any atom is -0.480 e. The van der Waals surface area contributed by atoms with Crippen molar-refractivity contribution in [1.29, 1.82) is 0 Å². The van der Waals surface area contributed by atoms with Gasteiger partial charge in [0.2, 0.25) is 0 Å². The largest absolute Gasteiger partial charge is 0.480 e. The number of rotatable bonds is 4. The first kappa shape index (κ1) is 12.3. The smallest absolute Gasteiger partial charge is 0.320 e. The number of hydrogen-bond acceptors (Lipinski definition) is 4. The van der Waals surface area contributed by atoms with Gasteiger partial charge in [0.25, 0.3) is 0 Å². The van der Waals surface area contributed by atoms with Gasteiger partial charge in [-0.25, -0.2) is 9.97 Å². The van der Waals surface area contributed by atoms with Crippen LogP contribution in [-0.2, 0) is 11.2 Å². The van der Waals surface area contributed by atoms with E-state index in [2.05, 4.69) is 15.0 Å². The van der Waals surface area contributed by atoms with Gasteiger partial charge >= 0.3 is 5.97 Å². The molecule has 0 aliphatic heterocycles. The van der Waals surface area contributed by atoms with Gasteiger partial charge in [-0.1, -0.05) is 0 Å². The van der Waals surface area contributed by atoms with Crippen molar-refractivity contribution < 1.29 is 9.90 Å². The summed E-state index contributed by atoms with van der Waals surface area (Å²) in [6, 6.07) is 2.76. The number of carboxylic acid groups (broad SMARTS) is 1. The maximum Gasteiger partial charge on any atom is 0.320 e. The molecular formula is C12H14N4O2. The van der Waals surface area contributed by atoms with Crippen LogP contribution in [-0.4, -0.2) is 32.1 Å². The molecule has 0 spiro atoms. The van der Waals surface area contributed by atoms with Crippen LogP contribution in [0, 0.1) is 6.92 Å². The number of H-pyrrole nitrogens is 1. The summed E-state index contributed by atoms with van der Waals surface area (Å²) in [7, 11) is 0. The summed E-state index contributed by atoms with van der Waals surface area (Å²) in [4.78, 5) is 22.2. The Kier molecular flexibility index (Phi) is 3.38. The molecule has 94 valence electrons. The summed E-state index contributed by atoms with van der Waals surface area (Å²) < 4.78 is 0. The number of hydrogen-bond donors (Lipinski definition) is 3. The second kappa shape index (κ2) is 4.97. The van der Waals surface area contributed by atoms with Gasteiger partial charge in [0.05, 0.1) is 5.69 Å². The molecule has 1 atom stereocenters. The van der Waals surface area contributed by atoms with E-state index in [-0.39, 0.29) is 6.42 Å². The van der Waals surface area contributed by atoms with Gasteiger partial charge in [-0.3, -0.25) is 4.79 Å². The van der Waals surface area contributed by atoms with Crippen LogP contribution in [0.2, 0.25) is 0 Å². The molecule has 0 bridgehead atoms. The molecule has 2 rings (SSSR count). The van der Waals surface area contributed by atoms with Gasteiger partial charge in [-0.15, -0.1) is 0 Å². The number of aryl methyl sites for hydroxylation is 1. The number of nitrogens with two attached hydrogens (primary N) is 1. The highest BCUT2D eigenvalue weighted by molar-refractivity contribution is 5.73. The van der Waals surface area contributed by atoms with Crippen LogP contribution in [0.1, 0.15) is 11.5 Å². The number of carboxylic acids is 1. The summed E-state index contributed by atoms with van der Waals surface area (Å²) in [5, 5.41) is 8.78. The normalized spacial score (nSPS) is 12.3. The van der Waals surface area contributed by atoms with E-state index in [1.807, 2.05) is 25.3 Å². The highest BCUT2D eigenvalue weighted by Crippen LogP contribution is 2.17. The zero-order chi connectivity index (χ0) is 13.1. The van der Waals surface area contributed by atoms with Crippen LogP contribution in [0.5, 0.6) is 0 Å². The second-order valence-corrected chi connectivity index (χ2v) is 4.06. The summed E-state index contributed by atoms with van der Waals surface area (Å²) in [6.07, 6.45) is 3.74. The Morgan fingerprint density at radius 1 is 1.56 bits per heavy atom. The third-order valence-electron chi connectivity index (χ3n) is 2.51. The third kappa shape index (κ3) is 2.72. The van der Waals surface area contributed by atoms with Crippen LogP contribution in [0.3, 0.4) is 0 Å². The van der Waals surface area contributed by atoms with Crippen molar-refractivity contribution in [1.82, 2.24) is 15.0 Å². The summed E-state index contributed by atoms with van der Waals surface area (Å²) in [5.41, 5.74) is 7.96. The second-order valence-electron chi connectivity index (χ2n) is 4.06. The van der Waals surface area contributed by atoms with Gasteiger partial charge in [0, 0.05) is 30.1 Å². The molecule has 6 nitrogen and oxygen atoms in total. The topological polar surface area (TPSA) is 105 Å². The predicted molar refractivity (Wildman–Crippen MR) is 65.9 cm³/mol. The fourth-order valence-electron chi connectivity index (χ4n) is 1.64. The van der Waals surface area contributed by atoms with Crippen molar-refractivity contribution in [2.45, 2.75) is 19.4 Å². The molecule has 18 heavy (non-hydrogen) atoms. The van der Waals surface area contributed by atoms with Crippen LogP contribution < -0.4 is 5.73 Å². The molecule has 0 saturated carbocycles. The zero-order valence-electron chi connectivity index (χ0n) is 9.92. The molecule has 0 radical (unpaired) electrons. The summed E-state index contributed by atoms with van der Waals surface area (Å²) in [6.45, 7) is 1.84. The summed E-state index contributed by atoms with van der Waals surface area (Å²) >= 11 is 0. The number of aromatic amines is 1. The average Bonchev–Trinajstić information content (AvgIpc) is 2.81. The van der Waals surface area contributed by atoms with Gasteiger partial charge in [-0.2, -0.15) is 0 Å². The van der Waals surface area contributed by atoms with E-state index in [9.17, 15) is 4.79 Å². The molecule has 6 heteroatoms. The molecule has 0 aromatic carbocycles.